The second-order valence-corrected chi connectivity index (χ2v) is 8.11. The molecule has 0 radical (unpaired) electrons. The first-order valence-electron chi connectivity index (χ1n) is 8.71. The average molecular weight is 422 g/mol. The highest BCUT2D eigenvalue weighted by Gasteiger charge is 2.33. The quantitative estimate of drug-likeness (QED) is 0.254. The van der Waals surface area contributed by atoms with Gasteiger partial charge in [0.25, 0.3) is 11.6 Å². The topological polar surface area (TPSA) is 68.4 Å². The molecule has 0 unspecified atom stereocenters. The number of nitro groups is 1. The van der Waals surface area contributed by atoms with E-state index in [1.54, 1.807) is 29.0 Å². The largest absolute Gasteiger partial charge is 0.317 e. The third-order valence-electron chi connectivity index (χ3n) is 4.43. The van der Waals surface area contributed by atoms with Crippen LogP contribution < -0.4 is 4.90 Å². The van der Waals surface area contributed by atoms with Crippen molar-refractivity contribution < 1.29 is 9.72 Å². The molecule has 8 heteroatoms. The van der Waals surface area contributed by atoms with Gasteiger partial charge in [0.05, 0.1) is 21.2 Å². The number of carbonyl (C=O) groups is 1. The molecule has 1 amide bonds. The van der Waals surface area contributed by atoms with Gasteiger partial charge in [-0.1, -0.05) is 42.2 Å². The zero-order valence-electron chi connectivity index (χ0n) is 15.3. The van der Waals surface area contributed by atoms with Crippen molar-refractivity contribution in [3.05, 3.63) is 93.1 Å². The number of nitro benzene ring substituents is 1. The number of non-ortho nitro benzene ring substituents is 1. The van der Waals surface area contributed by atoms with Gasteiger partial charge in [0.1, 0.15) is 0 Å². The van der Waals surface area contributed by atoms with Crippen LogP contribution in [-0.4, -0.2) is 19.7 Å². The fourth-order valence-electron chi connectivity index (χ4n) is 3.09. The van der Waals surface area contributed by atoms with Gasteiger partial charge in [-0.15, -0.1) is 0 Å². The lowest BCUT2D eigenvalue weighted by Crippen LogP contribution is -2.27. The van der Waals surface area contributed by atoms with Gasteiger partial charge in [0.2, 0.25) is 0 Å². The van der Waals surface area contributed by atoms with Crippen LogP contribution in [0.3, 0.4) is 0 Å². The first kappa shape index (κ1) is 19.1. The normalized spacial score (nSPS) is 15.3. The second kappa shape index (κ2) is 7.65. The number of nitrogens with zero attached hydrogens (tertiary/aromatic N) is 3. The summed E-state index contributed by atoms with van der Waals surface area (Å²) in [6.45, 7) is 1.96. The van der Waals surface area contributed by atoms with Gasteiger partial charge >= 0.3 is 0 Å². The van der Waals surface area contributed by atoms with E-state index >= 15 is 0 Å². The van der Waals surface area contributed by atoms with E-state index in [0.29, 0.717) is 14.9 Å². The first-order valence-corrected chi connectivity index (χ1v) is 9.93. The molecule has 2 heterocycles. The van der Waals surface area contributed by atoms with Gasteiger partial charge in [0.15, 0.2) is 4.32 Å². The van der Waals surface area contributed by atoms with E-state index in [1.165, 1.54) is 28.8 Å². The number of carbonyl (C=O) groups excluding carboxylic acids is 1. The number of thiocarbonyl (C=S) groups is 1. The maximum Gasteiger partial charge on any atom is 0.271 e. The molecule has 1 fully saturated rings. The highest BCUT2D eigenvalue weighted by molar-refractivity contribution is 8.27. The molecule has 6 nitrogen and oxygen atoms in total. The molecule has 0 aliphatic carbocycles. The standard InChI is InChI=1S/C21H15N3O3S2/c1-14-5-2-7-17(11-14)23-20(25)19(29-21(23)28)13-16-9-4-10-22(16)15-6-3-8-18(12-15)24(26)27/h2-13H,1H3. The van der Waals surface area contributed by atoms with Crippen LogP contribution in [0.4, 0.5) is 11.4 Å². The molecule has 29 heavy (non-hydrogen) atoms. The highest BCUT2D eigenvalue weighted by atomic mass is 32.2. The van der Waals surface area contributed by atoms with Crippen molar-refractivity contribution in [2.45, 2.75) is 6.92 Å². The Morgan fingerprint density at radius 3 is 2.59 bits per heavy atom. The Balaban J connectivity index is 1.69. The van der Waals surface area contributed by atoms with Crippen LogP contribution in [0.15, 0.2) is 71.8 Å². The predicted octanol–water partition coefficient (Wildman–Crippen LogP) is 5.10. The summed E-state index contributed by atoms with van der Waals surface area (Å²) in [5.41, 5.74) is 3.16. The maximum atomic E-state index is 13.0. The van der Waals surface area contributed by atoms with Crippen LogP contribution in [-0.2, 0) is 4.79 Å². The molecule has 2 aromatic carbocycles. The number of hydrogen-bond donors (Lipinski definition) is 0. The highest BCUT2D eigenvalue weighted by Crippen LogP contribution is 2.36. The number of aromatic nitrogens is 1. The lowest BCUT2D eigenvalue weighted by atomic mass is 10.2. The van der Waals surface area contributed by atoms with Crippen molar-refractivity contribution >= 4 is 51.7 Å². The zero-order chi connectivity index (χ0) is 20.5. The van der Waals surface area contributed by atoms with Crippen molar-refractivity contribution in [1.29, 1.82) is 0 Å². The lowest BCUT2D eigenvalue weighted by molar-refractivity contribution is -0.384. The molecular formula is C21H15N3O3S2. The SMILES string of the molecule is Cc1cccc(N2C(=O)C(=Cc3cccn3-c3cccc([N+](=O)[O-])c3)SC2=S)c1. The van der Waals surface area contributed by atoms with E-state index in [4.69, 9.17) is 12.2 Å². The number of benzene rings is 2. The molecule has 0 saturated carbocycles. The van der Waals surface area contributed by atoms with Gasteiger partial charge in [-0.3, -0.25) is 19.8 Å². The molecule has 0 N–H and O–H groups in total. The van der Waals surface area contributed by atoms with Crippen LogP contribution in [0.25, 0.3) is 11.8 Å². The van der Waals surface area contributed by atoms with Crippen LogP contribution >= 0.6 is 24.0 Å². The van der Waals surface area contributed by atoms with Crippen molar-refractivity contribution in [3.63, 3.8) is 0 Å². The molecule has 0 atom stereocenters. The predicted molar refractivity (Wildman–Crippen MR) is 119 cm³/mol. The zero-order valence-corrected chi connectivity index (χ0v) is 16.9. The molecule has 0 spiro atoms. The van der Waals surface area contributed by atoms with Crippen molar-refractivity contribution in [3.8, 4) is 5.69 Å². The van der Waals surface area contributed by atoms with Crippen molar-refractivity contribution in [2.24, 2.45) is 0 Å². The number of anilines is 1. The molecule has 3 aromatic rings. The third-order valence-corrected chi connectivity index (χ3v) is 5.73. The molecular weight excluding hydrogens is 406 g/mol. The number of hydrogen-bond acceptors (Lipinski definition) is 5. The number of amides is 1. The van der Waals surface area contributed by atoms with Gasteiger partial charge in [-0.2, -0.15) is 0 Å². The summed E-state index contributed by atoms with van der Waals surface area (Å²) >= 11 is 6.67. The van der Waals surface area contributed by atoms with E-state index in [0.717, 1.165) is 16.9 Å². The fraction of sp³-hybridized carbons (Fsp3) is 0.0476. The van der Waals surface area contributed by atoms with Gasteiger partial charge in [-0.25, -0.2) is 0 Å². The van der Waals surface area contributed by atoms with Crippen molar-refractivity contribution in [1.82, 2.24) is 4.57 Å². The Hall–Kier alpha value is -3.23. The lowest BCUT2D eigenvalue weighted by Gasteiger charge is -2.14. The van der Waals surface area contributed by atoms with E-state index in [2.05, 4.69) is 0 Å². The Bertz CT molecular complexity index is 1180. The summed E-state index contributed by atoms with van der Waals surface area (Å²) in [6.07, 6.45) is 3.56. The first-order chi connectivity index (χ1) is 13.9. The Morgan fingerprint density at radius 2 is 1.83 bits per heavy atom. The summed E-state index contributed by atoms with van der Waals surface area (Å²) in [6, 6.07) is 17.6. The summed E-state index contributed by atoms with van der Waals surface area (Å²) in [4.78, 5) is 25.7. The third kappa shape index (κ3) is 3.72. The van der Waals surface area contributed by atoms with E-state index in [1.807, 2.05) is 43.3 Å². The number of thioether (sulfide) groups is 1. The minimum Gasteiger partial charge on any atom is -0.317 e. The molecule has 1 aromatic heterocycles. The minimum absolute atomic E-state index is 0.00733. The smallest absolute Gasteiger partial charge is 0.271 e. The monoisotopic (exact) mass is 421 g/mol. The van der Waals surface area contributed by atoms with Crippen molar-refractivity contribution in [2.75, 3.05) is 4.90 Å². The van der Waals surface area contributed by atoms with Gasteiger partial charge in [0, 0.05) is 24.0 Å². The number of rotatable bonds is 4. The average Bonchev–Trinajstić information content (AvgIpc) is 3.26. The van der Waals surface area contributed by atoms with E-state index in [9.17, 15) is 14.9 Å². The Labute approximate surface area is 176 Å². The Morgan fingerprint density at radius 1 is 1.07 bits per heavy atom. The van der Waals surface area contributed by atoms with Gasteiger partial charge in [-0.05, 0) is 48.9 Å². The Kier molecular flexibility index (Phi) is 5.04. The molecule has 144 valence electrons. The van der Waals surface area contributed by atoms with Crippen LogP contribution in [0.2, 0.25) is 0 Å². The molecule has 0 bridgehead atoms. The molecule has 1 aliphatic heterocycles. The summed E-state index contributed by atoms with van der Waals surface area (Å²) in [5.74, 6) is -0.183. The maximum absolute atomic E-state index is 13.0. The van der Waals surface area contributed by atoms with Gasteiger partial charge < -0.3 is 4.57 Å². The molecule has 1 aliphatic rings. The number of aryl methyl sites for hydroxylation is 1. The summed E-state index contributed by atoms with van der Waals surface area (Å²) in [7, 11) is 0. The minimum atomic E-state index is -0.431. The van der Waals surface area contributed by atoms with Crippen LogP contribution in [0.1, 0.15) is 11.3 Å². The second-order valence-electron chi connectivity index (χ2n) is 6.44. The van der Waals surface area contributed by atoms with E-state index < -0.39 is 4.92 Å². The summed E-state index contributed by atoms with van der Waals surface area (Å²) in [5, 5.41) is 11.1. The van der Waals surface area contributed by atoms with E-state index in [-0.39, 0.29) is 11.6 Å². The fourth-order valence-corrected chi connectivity index (χ4v) is 4.38. The summed E-state index contributed by atoms with van der Waals surface area (Å²) < 4.78 is 2.27. The van der Waals surface area contributed by atoms with Crippen LogP contribution in [0.5, 0.6) is 0 Å². The molecule has 4 rings (SSSR count). The molecule has 1 saturated heterocycles. The van der Waals surface area contributed by atoms with Crippen LogP contribution in [0, 0.1) is 17.0 Å².